The zero-order valence-corrected chi connectivity index (χ0v) is 19.3. The van der Waals surface area contributed by atoms with E-state index in [1.807, 2.05) is 0 Å². The number of benzene rings is 1. The summed E-state index contributed by atoms with van der Waals surface area (Å²) in [6, 6.07) is 15.9. The van der Waals surface area contributed by atoms with Crippen LogP contribution in [0.1, 0.15) is 56.2 Å². The normalized spacial score (nSPS) is 21.3. The molecule has 170 valence electrons. The largest absolute Gasteiger partial charge is 0.490 e. The lowest BCUT2D eigenvalue weighted by atomic mass is 9.95. The zero-order valence-electron chi connectivity index (χ0n) is 19.3. The third-order valence-corrected chi connectivity index (χ3v) is 7.34. The Hall–Kier alpha value is -3.33. The molecule has 0 amide bonds. The van der Waals surface area contributed by atoms with Crippen molar-refractivity contribution in [2.24, 2.45) is 13.0 Å². The van der Waals surface area contributed by atoms with E-state index in [1.54, 1.807) is 29.8 Å². The number of hydrogen-bond donors (Lipinski definition) is 0. The Labute approximate surface area is 194 Å². The van der Waals surface area contributed by atoms with Crippen LogP contribution < -0.4 is 15.2 Å². The molecule has 5 rings (SSSR count). The fraction of sp³-hybridized carbons (Fsp3) is 0.444. The van der Waals surface area contributed by atoms with E-state index in [9.17, 15) is 10.1 Å². The molecule has 3 heterocycles. The molecular formula is C27H30N4O2. The van der Waals surface area contributed by atoms with Crippen LogP contribution in [0.3, 0.4) is 0 Å². The van der Waals surface area contributed by atoms with Crippen LogP contribution >= 0.6 is 0 Å². The summed E-state index contributed by atoms with van der Waals surface area (Å²) >= 11 is 0. The molecule has 2 atom stereocenters. The van der Waals surface area contributed by atoms with Gasteiger partial charge >= 0.3 is 0 Å². The Bertz CT molecular complexity index is 1250. The summed E-state index contributed by atoms with van der Waals surface area (Å²) in [4.78, 5) is 19.3. The van der Waals surface area contributed by atoms with Crippen molar-refractivity contribution in [2.45, 2.75) is 51.0 Å². The third kappa shape index (κ3) is 4.20. The fourth-order valence-corrected chi connectivity index (χ4v) is 5.39. The molecule has 1 saturated carbocycles. The highest BCUT2D eigenvalue weighted by atomic mass is 16.5. The van der Waals surface area contributed by atoms with Crippen molar-refractivity contribution in [3.63, 3.8) is 0 Å². The molecule has 3 aromatic rings. The lowest BCUT2D eigenvalue weighted by Crippen LogP contribution is -2.45. The molecule has 6 heteroatoms. The maximum atomic E-state index is 12.6. The molecule has 1 aromatic carbocycles. The van der Waals surface area contributed by atoms with Gasteiger partial charge in [0.1, 0.15) is 29.1 Å². The van der Waals surface area contributed by atoms with Crippen LogP contribution in [0.5, 0.6) is 5.75 Å². The Morgan fingerprint density at radius 2 is 1.85 bits per heavy atom. The first-order valence-electron chi connectivity index (χ1n) is 12.0. The molecule has 1 aliphatic carbocycles. The van der Waals surface area contributed by atoms with E-state index in [0.717, 1.165) is 36.5 Å². The smallest absolute Gasteiger partial charge is 0.252 e. The number of rotatable bonds is 4. The quantitative estimate of drug-likeness (QED) is 0.583. The summed E-state index contributed by atoms with van der Waals surface area (Å²) in [6.45, 7) is 3.74. The van der Waals surface area contributed by atoms with Crippen LogP contribution in [0, 0.1) is 17.2 Å². The summed E-state index contributed by atoms with van der Waals surface area (Å²) in [7, 11) is 1.74. The van der Waals surface area contributed by atoms with Gasteiger partial charge in [0, 0.05) is 38.5 Å². The van der Waals surface area contributed by atoms with Crippen molar-refractivity contribution in [1.29, 1.82) is 5.26 Å². The Kier molecular flexibility index (Phi) is 5.80. The second-order valence-electron chi connectivity index (χ2n) is 9.52. The molecule has 6 nitrogen and oxygen atoms in total. The number of fused-ring (bicyclic) bond motifs is 1. The molecule has 0 bridgehead atoms. The number of nitriles is 1. The van der Waals surface area contributed by atoms with E-state index in [-0.39, 0.29) is 17.6 Å². The lowest BCUT2D eigenvalue weighted by Gasteiger charge is -2.38. The molecule has 2 fully saturated rings. The van der Waals surface area contributed by atoms with Crippen LogP contribution in [0.15, 0.2) is 47.3 Å². The molecule has 0 N–H and O–H groups in total. The van der Waals surface area contributed by atoms with Gasteiger partial charge < -0.3 is 14.2 Å². The molecule has 2 aromatic heterocycles. The maximum Gasteiger partial charge on any atom is 0.252 e. The molecule has 2 unspecified atom stereocenters. The highest BCUT2D eigenvalue weighted by Gasteiger charge is 2.29. The monoisotopic (exact) mass is 442 g/mol. The van der Waals surface area contributed by atoms with Gasteiger partial charge in [-0.2, -0.15) is 5.26 Å². The van der Waals surface area contributed by atoms with E-state index >= 15 is 0 Å². The minimum Gasteiger partial charge on any atom is -0.490 e. The van der Waals surface area contributed by atoms with Crippen LogP contribution in [0.4, 0.5) is 5.69 Å². The van der Waals surface area contributed by atoms with E-state index in [1.165, 1.54) is 31.2 Å². The SMILES string of the molecule is CC1CN(c2cc(=O)n(C)c3ccc(C#N)nc23)CCC1Oc1ccc(C2CCCC2)cc1. The van der Waals surface area contributed by atoms with Gasteiger partial charge in [0.2, 0.25) is 0 Å². The molecular weight excluding hydrogens is 412 g/mol. The number of pyridine rings is 2. The highest BCUT2D eigenvalue weighted by molar-refractivity contribution is 5.88. The molecule has 0 spiro atoms. The van der Waals surface area contributed by atoms with Crippen molar-refractivity contribution in [3.05, 3.63) is 64.1 Å². The second kappa shape index (κ2) is 8.90. The third-order valence-electron chi connectivity index (χ3n) is 7.34. The topological polar surface area (TPSA) is 71.2 Å². The summed E-state index contributed by atoms with van der Waals surface area (Å²) < 4.78 is 7.97. The van der Waals surface area contributed by atoms with Gasteiger partial charge in [-0.25, -0.2) is 4.98 Å². The summed E-state index contributed by atoms with van der Waals surface area (Å²) in [5, 5.41) is 9.31. The van der Waals surface area contributed by atoms with Crippen molar-refractivity contribution in [1.82, 2.24) is 9.55 Å². The summed E-state index contributed by atoms with van der Waals surface area (Å²) in [5.74, 6) is 1.93. The number of piperidine rings is 1. The average molecular weight is 443 g/mol. The van der Waals surface area contributed by atoms with Crippen molar-refractivity contribution in [2.75, 3.05) is 18.0 Å². The van der Waals surface area contributed by atoms with Gasteiger partial charge in [0.05, 0.1) is 11.2 Å². The van der Waals surface area contributed by atoms with E-state index in [0.29, 0.717) is 17.1 Å². The minimum atomic E-state index is -0.0719. The summed E-state index contributed by atoms with van der Waals surface area (Å²) in [5.41, 5.74) is 3.96. The van der Waals surface area contributed by atoms with Gasteiger partial charge in [0.25, 0.3) is 5.56 Å². The maximum absolute atomic E-state index is 12.6. The Morgan fingerprint density at radius 1 is 1.09 bits per heavy atom. The molecule has 0 radical (unpaired) electrons. The second-order valence-corrected chi connectivity index (χ2v) is 9.52. The Morgan fingerprint density at radius 3 is 2.55 bits per heavy atom. The average Bonchev–Trinajstić information content (AvgIpc) is 3.38. The number of aromatic nitrogens is 2. The van der Waals surface area contributed by atoms with Crippen LogP contribution in [-0.2, 0) is 7.05 Å². The molecule has 2 aliphatic rings. The van der Waals surface area contributed by atoms with Gasteiger partial charge in [0.15, 0.2) is 0 Å². The van der Waals surface area contributed by atoms with Crippen LogP contribution in [0.2, 0.25) is 0 Å². The van der Waals surface area contributed by atoms with Gasteiger partial charge in [-0.15, -0.1) is 0 Å². The van der Waals surface area contributed by atoms with Crippen LogP contribution in [0.25, 0.3) is 11.0 Å². The highest BCUT2D eigenvalue weighted by Crippen LogP contribution is 2.35. The minimum absolute atomic E-state index is 0.0719. The molecule has 1 saturated heterocycles. The van der Waals surface area contributed by atoms with Gasteiger partial charge in [-0.1, -0.05) is 31.9 Å². The predicted octanol–water partition coefficient (Wildman–Crippen LogP) is 4.76. The van der Waals surface area contributed by atoms with E-state index in [4.69, 9.17) is 4.74 Å². The van der Waals surface area contributed by atoms with E-state index in [2.05, 4.69) is 47.1 Å². The predicted molar refractivity (Wildman–Crippen MR) is 130 cm³/mol. The standard InChI is InChI=1S/C27H30N4O2/c1-18-17-31(24-15-26(32)30(2)23-12-9-21(16-28)29-27(23)24)14-13-25(18)33-22-10-7-20(8-11-22)19-5-3-4-6-19/h7-12,15,18-19,25H,3-6,13-14,17H2,1-2H3. The number of anilines is 1. The zero-order chi connectivity index (χ0) is 22.9. The molecule has 33 heavy (non-hydrogen) atoms. The summed E-state index contributed by atoms with van der Waals surface area (Å²) in [6.07, 6.45) is 6.28. The van der Waals surface area contributed by atoms with Crippen LogP contribution in [-0.4, -0.2) is 28.7 Å². The van der Waals surface area contributed by atoms with Gasteiger partial charge in [-0.05, 0) is 48.6 Å². The first-order valence-corrected chi connectivity index (χ1v) is 12.0. The van der Waals surface area contributed by atoms with E-state index < -0.39 is 0 Å². The lowest BCUT2D eigenvalue weighted by molar-refractivity contribution is 0.121. The number of nitrogens with zero attached hydrogens (tertiary/aromatic N) is 4. The fourth-order valence-electron chi connectivity index (χ4n) is 5.39. The van der Waals surface area contributed by atoms with Crippen molar-refractivity contribution < 1.29 is 4.74 Å². The number of ether oxygens (including phenoxy) is 1. The van der Waals surface area contributed by atoms with Crippen molar-refractivity contribution in [3.8, 4) is 11.8 Å². The molecule has 1 aliphatic heterocycles. The van der Waals surface area contributed by atoms with Crippen molar-refractivity contribution >= 4 is 16.7 Å². The number of aryl methyl sites for hydroxylation is 1. The van der Waals surface area contributed by atoms with Gasteiger partial charge in [-0.3, -0.25) is 4.79 Å². The first kappa shape index (κ1) is 21.5. The number of hydrogen-bond acceptors (Lipinski definition) is 5. The Balaban J connectivity index is 1.33. The first-order chi connectivity index (χ1) is 16.0.